The van der Waals surface area contributed by atoms with Crippen molar-refractivity contribution in [1.82, 2.24) is 9.62 Å². The number of urea groups is 1. The van der Waals surface area contributed by atoms with Crippen molar-refractivity contribution in [3.8, 4) is 0 Å². The van der Waals surface area contributed by atoms with E-state index in [-0.39, 0.29) is 51.4 Å². The molecule has 2 N–H and O–H groups in total. The predicted molar refractivity (Wildman–Crippen MR) is 108 cm³/mol. The topological polar surface area (TPSA) is 78.5 Å². The average Bonchev–Trinajstić information content (AvgIpc) is 3.23. The summed E-state index contributed by atoms with van der Waals surface area (Å²) in [5.41, 5.74) is 5.93. The first-order chi connectivity index (χ1) is 12.4. The van der Waals surface area contributed by atoms with E-state index in [2.05, 4.69) is 21.0 Å². The van der Waals surface area contributed by atoms with Crippen molar-refractivity contribution in [2.75, 3.05) is 25.5 Å². The van der Waals surface area contributed by atoms with Crippen LogP contribution in [0.15, 0.2) is 6.07 Å². The van der Waals surface area contributed by atoms with Crippen LogP contribution in [0.1, 0.15) is 47.9 Å². The standard InChI is InChI=1S/C19H27N3O3S.K/c1-22-10-8-15(9-11-22)26(24,25)21-19(23)20-18-16-6-2-4-13(16)12-14-5-3-7-17(14)18;/h12,15H,2-11H2,1H3,(H2,20,21,23);. The first kappa shape index (κ1) is 21.7. The molecule has 1 radical (unpaired) electrons. The Hall–Kier alpha value is 0.0364. The molecule has 1 saturated heterocycles. The number of benzene rings is 1. The van der Waals surface area contributed by atoms with Gasteiger partial charge in [0, 0.05) is 57.1 Å². The van der Waals surface area contributed by atoms with Crippen molar-refractivity contribution in [3.05, 3.63) is 28.3 Å². The Morgan fingerprint density at radius 3 is 2.15 bits per heavy atom. The van der Waals surface area contributed by atoms with Gasteiger partial charge in [-0.25, -0.2) is 17.9 Å². The summed E-state index contributed by atoms with van der Waals surface area (Å²) in [7, 11) is -1.66. The quantitative estimate of drug-likeness (QED) is 0.737. The molecule has 2 aliphatic carbocycles. The number of rotatable bonds is 3. The first-order valence-corrected chi connectivity index (χ1v) is 11.2. The SMILES string of the molecule is CN1CCC(S(=O)(=O)NC(=O)Nc2c3c(cc4c2CCC4)CCC3)CC1.[K]. The number of fused-ring (bicyclic) bond motifs is 2. The van der Waals surface area contributed by atoms with Gasteiger partial charge in [0.05, 0.1) is 5.25 Å². The fraction of sp³-hybridized carbons (Fsp3) is 0.632. The van der Waals surface area contributed by atoms with Crippen molar-refractivity contribution < 1.29 is 13.2 Å². The smallest absolute Gasteiger partial charge is 0.307 e. The van der Waals surface area contributed by atoms with Crippen LogP contribution in [0.25, 0.3) is 0 Å². The number of anilines is 1. The number of amides is 2. The van der Waals surface area contributed by atoms with Gasteiger partial charge in [-0.3, -0.25) is 0 Å². The van der Waals surface area contributed by atoms with E-state index in [1.165, 1.54) is 22.3 Å². The van der Waals surface area contributed by atoms with Crippen LogP contribution in [0.3, 0.4) is 0 Å². The maximum atomic E-state index is 12.6. The van der Waals surface area contributed by atoms with Gasteiger partial charge in [0.15, 0.2) is 0 Å². The van der Waals surface area contributed by atoms with Gasteiger partial charge in [-0.2, -0.15) is 0 Å². The van der Waals surface area contributed by atoms with Crippen LogP contribution in [0.2, 0.25) is 0 Å². The Balaban J connectivity index is 0.00000210. The number of likely N-dealkylation sites (tertiary alicyclic amines) is 1. The van der Waals surface area contributed by atoms with E-state index in [0.717, 1.165) is 57.3 Å². The normalized spacial score (nSPS) is 19.9. The summed E-state index contributed by atoms with van der Waals surface area (Å²) in [6.45, 7) is 1.49. The number of piperidine rings is 1. The summed E-state index contributed by atoms with van der Waals surface area (Å²) < 4.78 is 27.4. The van der Waals surface area contributed by atoms with Gasteiger partial charge >= 0.3 is 6.03 Å². The molecular weight excluding hydrogens is 389 g/mol. The number of aryl methyl sites for hydroxylation is 2. The van der Waals surface area contributed by atoms with E-state index in [1.807, 2.05) is 7.05 Å². The minimum atomic E-state index is -3.64. The molecule has 1 aromatic rings. The van der Waals surface area contributed by atoms with Crippen LogP contribution < -0.4 is 10.0 Å². The number of carbonyl (C=O) groups excluding carboxylic acids is 1. The molecule has 0 spiro atoms. The Bertz CT molecular complexity index is 801. The maximum Gasteiger partial charge on any atom is 0.332 e. The molecular formula is C19H27KN3O3S. The number of hydrogen-bond acceptors (Lipinski definition) is 4. The molecule has 1 fully saturated rings. The second kappa shape index (κ2) is 8.81. The second-order valence-electron chi connectivity index (χ2n) is 7.84. The molecule has 8 heteroatoms. The number of nitrogens with one attached hydrogen (secondary N) is 2. The van der Waals surface area contributed by atoms with E-state index in [1.54, 1.807) is 0 Å². The zero-order valence-electron chi connectivity index (χ0n) is 16.3. The van der Waals surface area contributed by atoms with Gasteiger partial charge in [0.1, 0.15) is 0 Å². The number of hydrogen-bond donors (Lipinski definition) is 2. The van der Waals surface area contributed by atoms with Crippen LogP contribution >= 0.6 is 0 Å². The van der Waals surface area contributed by atoms with Crippen molar-refractivity contribution in [3.63, 3.8) is 0 Å². The van der Waals surface area contributed by atoms with Crippen molar-refractivity contribution in [2.24, 2.45) is 0 Å². The summed E-state index contributed by atoms with van der Waals surface area (Å²) in [6, 6.07) is 1.68. The Labute approximate surface area is 204 Å². The molecule has 4 rings (SSSR count). The minimum Gasteiger partial charge on any atom is -0.307 e. The molecule has 1 heterocycles. The summed E-state index contributed by atoms with van der Waals surface area (Å²) in [4.78, 5) is 14.6. The van der Waals surface area contributed by atoms with Crippen LogP contribution in [-0.2, 0) is 35.7 Å². The molecule has 0 unspecified atom stereocenters. The first-order valence-electron chi connectivity index (χ1n) is 9.62. The van der Waals surface area contributed by atoms with Gasteiger partial charge < -0.3 is 10.2 Å². The van der Waals surface area contributed by atoms with E-state index in [9.17, 15) is 13.2 Å². The van der Waals surface area contributed by atoms with Crippen LogP contribution in [0.5, 0.6) is 0 Å². The van der Waals surface area contributed by atoms with E-state index in [4.69, 9.17) is 0 Å². The minimum absolute atomic E-state index is 0. The van der Waals surface area contributed by atoms with Gasteiger partial charge in [0.25, 0.3) is 0 Å². The molecule has 0 bridgehead atoms. The van der Waals surface area contributed by atoms with Crippen molar-refractivity contribution in [2.45, 2.75) is 56.6 Å². The number of sulfonamides is 1. The molecule has 0 atom stereocenters. The van der Waals surface area contributed by atoms with Crippen LogP contribution in [0, 0.1) is 0 Å². The molecule has 2 amide bonds. The van der Waals surface area contributed by atoms with Gasteiger partial charge in [-0.15, -0.1) is 0 Å². The third-order valence-corrected chi connectivity index (χ3v) is 7.87. The second-order valence-corrected chi connectivity index (χ2v) is 9.80. The number of carbonyl (C=O) groups is 1. The predicted octanol–water partition coefficient (Wildman–Crippen LogP) is 1.83. The summed E-state index contributed by atoms with van der Waals surface area (Å²) in [6.07, 6.45) is 7.34. The van der Waals surface area contributed by atoms with Crippen molar-refractivity contribution in [1.29, 1.82) is 0 Å². The third-order valence-electron chi connectivity index (χ3n) is 6.05. The summed E-state index contributed by atoms with van der Waals surface area (Å²) >= 11 is 0. The summed E-state index contributed by atoms with van der Waals surface area (Å²) in [5, 5.41) is 2.42. The monoisotopic (exact) mass is 416 g/mol. The Kier molecular flexibility index (Phi) is 7.09. The zero-order valence-corrected chi connectivity index (χ0v) is 20.2. The Morgan fingerprint density at radius 2 is 1.59 bits per heavy atom. The zero-order chi connectivity index (χ0) is 18.3. The molecule has 1 aromatic carbocycles. The fourth-order valence-corrected chi connectivity index (χ4v) is 5.92. The molecule has 3 aliphatic rings. The molecule has 1 aliphatic heterocycles. The largest absolute Gasteiger partial charge is 0.332 e. The van der Waals surface area contributed by atoms with E-state index >= 15 is 0 Å². The molecule has 0 aromatic heterocycles. The molecule has 143 valence electrons. The maximum absolute atomic E-state index is 12.6. The van der Waals surface area contributed by atoms with Crippen LogP contribution in [-0.4, -0.2) is 96.1 Å². The van der Waals surface area contributed by atoms with E-state index < -0.39 is 21.3 Å². The molecule has 27 heavy (non-hydrogen) atoms. The summed E-state index contributed by atoms with van der Waals surface area (Å²) in [5.74, 6) is 0. The van der Waals surface area contributed by atoms with Crippen molar-refractivity contribution >= 4 is 73.1 Å². The number of nitrogens with zero attached hydrogens (tertiary/aromatic N) is 1. The van der Waals surface area contributed by atoms with Gasteiger partial charge in [-0.05, 0) is 93.8 Å². The molecule has 6 nitrogen and oxygen atoms in total. The van der Waals surface area contributed by atoms with E-state index in [0.29, 0.717) is 12.8 Å². The molecule has 0 saturated carbocycles. The van der Waals surface area contributed by atoms with Crippen LogP contribution in [0.4, 0.5) is 10.5 Å². The fourth-order valence-electron chi connectivity index (χ4n) is 4.61. The average molecular weight is 417 g/mol. The Morgan fingerprint density at radius 1 is 1.04 bits per heavy atom. The third kappa shape index (κ3) is 4.62. The van der Waals surface area contributed by atoms with Gasteiger partial charge in [0.2, 0.25) is 10.0 Å². The van der Waals surface area contributed by atoms with Gasteiger partial charge in [-0.1, -0.05) is 6.07 Å².